The molecule has 0 bridgehead atoms. The van der Waals surface area contributed by atoms with E-state index in [-0.39, 0.29) is 11.9 Å². The van der Waals surface area contributed by atoms with Crippen molar-refractivity contribution < 1.29 is 9.53 Å². The van der Waals surface area contributed by atoms with E-state index < -0.39 is 0 Å². The van der Waals surface area contributed by atoms with Crippen molar-refractivity contribution in [3.05, 3.63) is 17.5 Å². The number of methoxy groups -OCH3 is 1. The number of nitrogens with zero attached hydrogens (tertiary/aromatic N) is 3. The lowest BCUT2D eigenvalue weighted by Gasteiger charge is -2.28. The maximum absolute atomic E-state index is 12.8. The first-order valence-corrected chi connectivity index (χ1v) is 7.59. The summed E-state index contributed by atoms with van der Waals surface area (Å²) >= 11 is 0. The van der Waals surface area contributed by atoms with Crippen molar-refractivity contribution in [1.29, 1.82) is 0 Å². The van der Waals surface area contributed by atoms with Crippen LogP contribution in [0, 0.1) is 6.92 Å². The highest BCUT2D eigenvalue weighted by molar-refractivity contribution is 5.95. The average Bonchev–Trinajstić information content (AvgIpc) is 2.85. The predicted octanol–water partition coefficient (Wildman–Crippen LogP) is 1.43. The number of ether oxygens (including phenoxy) is 1. The second-order valence-corrected chi connectivity index (χ2v) is 5.26. The van der Waals surface area contributed by atoms with Crippen LogP contribution in [0.4, 0.5) is 0 Å². The minimum absolute atomic E-state index is 0.0258. The van der Waals surface area contributed by atoms with Gasteiger partial charge in [0.15, 0.2) is 0 Å². The van der Waals surface area contributed by atoms with E-state index in [1.165, 1.54) is 0 Å². The lowest BCUT2D eigenvalue weighted by Crippen LogP contribution is -2.40. The molecule has 6 heteroatoms. The maximum atomic E-state index is 12.8. The van der Waals surface area contributed by atoms with Crippen molar-refractivity contribution in [2.75, 3.05) is 26.8 Å². The van der Waals surface area contributed by atoms with Crippen molar-refractivity contribution in [1.82, 2.24) is 14.7 Å². The van der Waals surface area contributed by atoms with E-state index >= 15 is 0 Å². The van der Waals surface area contributed by atoms with Gasteiger partial charge in [-0.2, -0.15) is 5.10 Å². The first-order chi connectivity index (χ1) is 10.1. The highest BCUT2D eigenvalue weighted by Gasteiger charge is 2.23. The fraction of sp³-hybridized carbons (Fsp3) is 0.733. The molecule has 0 fully saturated rings. The van der Waals surface area contributed by atoms with Crippen LogP contribution < -0.4 is 5.73 Å². The van der Waals surface area contributed by atoms with E-state index in [0.717, 1.165) is 25.1 Å². The molecule has 1 amide bonds. The zero-order chi connectivity index (χ0) is 15.8. The third-order valence-corrected chi connectivity index (χ3v) is 3.83. The van der Waals surface area contributed by atoms with E-state index in [2.05, 4.69) is 18.9 Å². The fourth-order valence-electron chi connectivity index (χ4n) is 2.21. The smallest absolute Gasteiger partial charge is 0.257 e. The van der Waals surface area contributed by atoms with Crippen LogP contribution in [0.2, 0.25) is 0 Å². The molecule has 1 unspecified atom stereocenters. The van der Waals surface area contributed by atoms with Gasteiger partial charge in [0.05, 0.1) is 18.4 Å². The number of amides is 1. The molecule has 0 aliphatic carbocycles. The van der Waals surface area contributed by atoms with E-state index in [9.17, 15) is 4.79 Å². The summed E-state index contributed by atoms with van der Waals surface area (Å²) in [4.78, 5) is 14.6. The van der Waals surface area contributed by atoms with Crippen LogP contribution >= 0.6 is 0 Å². The second kappa shape index (κ2) is 8.79. The number of aromatic nitrogens is 2. The Labute approximate surface area is 127 Å². The van der Waals surface area contributed by atoms with Crippen LogP contribution in [0.1, 0.15) is 42.7 Å². The fourth-order valence-corrected chi connectivity index (χ4v) is 2.21. The largest absolute Gasteiger partial charge is 0.383 e. The minimum Gasteiger partial charge on any atom is -0.383 e. The van der Waals surface area contributed by atoms with Crippen molar-refractivity contribution >= 4 is 5.91 Å². The lowest BCUT2D eigenvalue weighted by molar-refractivity contribution is 0.0613. The number of hydrogen-bond acceptors (Lipinski definition) is 4. The van der Waals surface area contributed by atoms with Gasteiger partial charge in [0.1, 0.15) is 0 Å². The normalized spacial score (nSPS) is 12.4. The first-order valence-electron chi connectivity index (χ1n) is 7.59. The summed E-state index contributed by atoms with van der Waals surface area (Å²) in [7, 11) is 1.65. The molecule has 0 saturated heterocycles. The van der Waals surface area contributed by atoms with Gasteiger partial charge in [-0.25, -0.2) is 0 Å². The predicted molar refractivity (Wildman–Crippen MR) is 83.3 cm³/mol. The molecule has 1 heterocycles. The van der Waals surface area contributed by atoms with Crippen LogP contribution in [0.5, 0.6) is 0 Å². The molecule has 0 aliphatic heterocycles. The highest BCUT2D eigenvalue weighted by Crippen LogP contribution is 2.14. The molecule has 1 aromatic heterocycles. The molecule has 2 N–H and O–H groups in total. The monoisotopic (exact) mass is 296 g/mol. The SMILES string of the molecule is CCC(C)N(CCOC)C(=O)c1cnn(CCCN)c1C. The molecule has 120 valence electrons. The number of carbonyl (C=O) groups is 1. The van der Waals surface area contributed by atoms with Crippen molar-refractivity contribution in [3.63, 3.8) is 0 Å². The number of nitrogens with two attached hydrogens (primary N) is 1. The zero-order valence-electron chi connectivity index (χ0n) is 13.6. The van der Waals surface area contributed by atoms with Crippen molar-refractivity contribution in [3.8, 4) is 0 Å². The molecule has 0 radical (unpaired) electrons. The molecular formula is C15H28N4O2. The van der Waals surface area contributed by atoms with Crippen LogP contribution in [0.15, 0.2) is 6.20 Å². The third-order valence-electron chi connectivity index (χ3n) is 3.83. The van der Waals surface area contributed by atoms with Gasteiger partial charge in [0.2, 0.25) is 0 Å². The van der Waals surface area contributed by atoms with Gasteiger partial charge in [0, 0.05) is 31.9 Å². The Morgan fingerprint density at radius 2 is 2.29 bits per heavy atom. The first kappa shape index (κ1) is 17.7. The van der Waals surface area contributed by atoms with Gasteiger partial charge in [-0.15, -0.1) is 0 Å². The standard InChI is InChI=1S/C15H28N4O2/c1-5-12(2)18(9-10-21-4)15(20)14-11-17-19(13(14)3)8-6-7-16/h11-12H,5-10,16H2,1-4H3. The van der Waals surface area contributed by atoms with Gasteiger partial charge in [-0.1, -0.05) is 6.92 Å². The Morgan fingerprint density at radius 3 is 2.86 bits per heavy atom. The summed E-state index contributed by atoms with van der Waals surface area (Å²) in [5.74, 6) is 0.0258. The number of hydrogen-bond donors (Lipinski definition) is 1. The Kier molecular flexibility index (Phi) is 7.39. The van der Waals surface area contributed by atoms with Crippen molar-refractivity contribution in [2.24, 2.45) is 5.73 Å². The molecule has 0 aliphatic rings. The van der Waals surface area contributed by atoms with Gasteiger partial charge >= 0.3 is 0 Å². The summed E-state index contributed by atoms with van der Waals surface area (Å²) < 4.78 is 6.97. The van der Waals surface area contributed by atoms with E-state index in [1.54, 1.807) is 13.3 Å². The van der Waals surface area contributed by atoms with Crippen molar-refractivity contribution in [2.45, 2.75) is 46.2 Å². The zero-order valence-corrected chi connectivity index (χ0v) is 13.6. The van der Waals surface area contributed by atoms with Gasteiger partial charge < -0.3 is 15.4 Å². The van der Waals surface area contributed by atoms with Crippen LogP contribution in [0.25, 0.3) is 0 Å². The Balaban J connectivity index is 2.90. The van der Waals surface area contributed by atoms with Crippen LogP contribution in [-0.2, 0) is 11.3 Å². The molecular weight excluding hydrogens is 268 g/mol. The van der Waals surface area contributed by atoms with Gasteiger partial charge in [0.25, 0.3) is 5.91 Å². The maximum Gasteiger partial charge on any atom is 0.257 e. The summed E-state index contributed by atoms with van der Waals surface area (Å²) in [6.45, 7) is 8.57. The van der Waals surface area contributed by atoms with Crippen LogP contribution in [-0.4, -0.2) is 53.4 Å². The molecule has 0 saturated carbocycles. The van der Waals surface area contributed by atoms with Crippen LogP contribution in [0.3, 0.4) is 0 Å². The van der Waals surface area contributed by atoms with Gasteiger partial charge in [-0.3, -0.25) is 9.48 Å². The molecule has 1 aromatic rings. The molecule has 1 atom stereocenters. The number of rotatable bonds is 9. The Bertz CT molecular complexity index is 445. The van der Waals surface area contributed by atoms with E-state index in [1.807, 2.05) is 16.5 Å². The van der Waals surface area contributed by atoms with E-state index in [0.29, 0.717) is 25.3 Å². The summed E-state index contributed by atoms with van der Waals surface area (Å²) in [5, 5.41) is 4.30. The molecule has 6 nitrogen and oxygen atoms in total. The Hall–Kier alpha value is -1.40. The number of aryl methyl sites for hydroxylation is 1. The molecule has 21 heavy (non-hydrogen) atoms. The van der Waals surface area contributed by atoms with E-state index in [4.69, 9.17) is 10.5 Å². The Morgan fingerprint density at radius 1 is 1.57 bits per heavy atom. The lowest BCUT2D eigenvalue weighted by atomic mass is 10.1. The third kappa shape index (κ3) is 4.54. The topological polar surface area (TPSA) is 73.4 Å². The minimum atomic E-state index is 0.0258. The summed E-state index contributed by atoms with van der Waals surface area (Å²) in [5.41, 5.74) is 7.10. The highest BCUT2D eigenvalue weighted by atomic mass is 16.5. The van der Waals surface area contributed by atoms with Gasteiger partial charge in [-0.05, 0) is 33.2 Å². The molecule has 1 rings (SSSR count). The number of carbonyl (C=O) groups excluding carboxylic acids is 1. The second-order valence-electron chi connectivity index (χ2n) is 5.26. The molecule has 0 aromatic carbocycles. The quantitative estimate of drug-likeness (QED) is 0.748. The summed E-state index contributed by atoms with van der Waals surface area (Å²) in [6.07, 6.45) is 3.43. The average molecular weight is 296 g/mol. The summed E-state index contributed by atoms with van der Waals surface area (Å²) in [6, 6.07) is 0.180. The molecule has 0 spiro atoms.